The van der Waals surface area contributed by atoms with Gasteiger partial charge in [0.25, 0.3) is 0 Å². The molecule has 1 heterocycles. The Hall–Kier alpha value is -1.96. The molecular formula is C19H25IN4O. The first-order chi connectivity index (χ1) is 11.7. The molecule has 0 bridgehead atoms. The number of aryl methyl sites for hydroxylation is 1. The summed E-state index contributed by atoms with van der Waals surface area (Å²) in [6.45, 7) is 1.70. The highest BCUT2D eigenvalue weighted by Gasteiger charge is 2.13. The first kappa shape index (κ1) is 19.4. The molecule has 25 heavy (non-hydrogen) atoms. The molecule has 0 radical (unpaired) electrons. The van der Waals surface area contributed by atoms with E-state index in [1.54, 1.807) is 7.11 Å². The van der Waals surface area contributed by atoms with E-state index < -0.39 is 0 Å². The first-order valence-electron chi connectivity index (χ1n) is 8.19. The van der Waals surface area contributed by atoms with Crippen LogP contribution in [0.5, 0.6) is 5.75 Å². The second-order valence-corrected chi connectivity index (χ2v) is 6.04. The quantitative estimate of drug-likeness (QED) is 0.423. The highest BCUT2D eigenvalue weighted by atomic mass is 127. The molecule has 3 N–H and O–H groups in total. The van der Waals surface area contributed by atoms with E-state index in [1.165, 1.54) is 23.2 Å². The number of hydrogen-bond acceptors (Lipinski definition) is 3. The second-order valence-electron chi connectivity index (χ2n) is 6.04. The lowest BCUT2D eigenvalue weighted by molar-refractivity contribution is 0.415. The zero-order valence-corrected chi connectivity index (χ0v) is 17.0. The van der Waals surface area contributed by atoms with Crippen LogP contribution in [0, 0.1) is 0 Å². The third-order valence-corrected chi connectivity index (χ3v) is 4.29. The zero-order chi connectivity index (χ0) is 16.9. The number of nitrogens with zero attached hydrogens (tertiary/aromatic N) is 2. The summed E-state index contributed by atoms with van der Waals surface area (Å²) in [7, 11) is 3.79. The van der Waals surface area contributed by atoms with Gasteiger partial charge >= 0.3 is 0 Å². The number of benzene rings is 2. The molecule has 0 amide bonds. The summed E-state index contributed by atoms with van der Waals surface area (Å²) in [5.41, 5.74) is 10.8. The van der Waals surface area contributed by atoms with Gasteiger partial charge in [0, 0.05) is 25.0 Å². The lowest BCUT2D eigenvalue weighted by atomic mass is 10.00. The third-order valence-electron chi connectivity index (χ3n) is 4.29. The van der Waals surface area contributed by atoms with Gasteiger partial charge in [-0.2, -0.15) is 0 Å². The normalized spacial score (nSPS) is 13.7. The van der Waals surface area contributed by atoms with E-state index in [-0.39, 0.29) is 24.0 Å². The monoisotopic (exact) mass is 452 g/mol. The van der Waals surface area contributed by atoms with E-state index in [0.717, 1.165) is 24.4 Å². The van der Waals surface area contributed by atoms with Crippen LogP contribution in [-0.2, 0) is 13.0 Å². The fourth-order valence-corrected chi connectivity index (χ4v) is 2.98. The topological polar surface area (TPSA) is 62.9 Å². The van der Waals surface area contributed by atoms with Crippen molar-refractivity contribution in [3.8, 4) is 5.75 Å². The summed E-state index contributed by atoms with van der Waals surface area (Å²) in [6.07, 6.45) is 2.34. The van der Waals surface area contributed by atoms with Crippen LogP contribution in [0.15, 0.2) is 47.5 Å². The number of halogens is 1. The number of nitrogens with two attached hydrogens (primary N) is 1. The zero-order valence-electron chi connectivity index (χ0n) is 14.7. The van der Waals surface area contributed by atoms with Crippen LogP contribution >= 0.6 is 24.0 Å². The van der Waals surface area contributed by atoms with Crippen LogP contribution in [0.25, 0.3) is 0 Å². The number of guanidine groups is 1. The van der Waals surface area contributed by atoms with Gasteiger partial charge in [0.1, 0.15) is 5.75 Å². The van der Waals surface area contributed by atoms with E-state index >= 15 is 0 Å². The molecule has 0 fully saturated rings. The van der Waals surface area contributed by atoms with Crippen LogP contribution < -0.4 is 20.7 Å². The van der Waals surface area contributed by atoms with Gasteiger partial charge in [0.05, 0.1) is 13.7 Å². The number of fused-ring (bicyclic) bond motifs is 1. The van der Waals surface area contributed by atoms with Crippen molar-refractivity contribution in [1.29, 1.82) is 0 Å². The molecule has 0 atom stereocenters. The van der Waals surface area contributed by atoms with Crippen molar-refractivity contribution < 1.29 is 4.74 Å². The molecule has 5 nitrogen and oxygen atoms in total. The van der Waals surface area contributed by atoms with Gasteiger partial charge in [-0.05, 0) is 54.3 Å². The van der Waals surface area contributed by atoms with Gasteiger partial charge in [-0.1, -0.05) is 12.1 Å². The van der Waals surface area contributed by atoms with Crippen LogP contribution in [0.2, 0.25) is 0 Å². The molecule has 134 valence electrons. The largest absolute Gasteiger partial charge is 0.497 e. The van der Waals surface area contributed by atoms with E-state index in [0.29, 0.717) is 12.5 Å². The number of ether oxygens (including phenoxy) is 1. The number of anilines is 2. The van der Waals surface area contributed by atoms with Gasteiger partial charge in [0.2, 0.25) is 0 Å². The minimum atomic E-state index is 0. The van der Waals surface area contributed by atoms with Crippen LogP contribution in [0.4, 0.5) is 11.4 Å². The fraction of sp³-hybridized carbons (Fsp3) is 0.316. The average Bonchev–Trinajstić information content (AvgIpc) is 2.61. The number of methoxy groups -OCH3 is 1. The lowest BCUT2D eigenvalue weighted by Gasteiger charge is -2.27. The molecular weight excluding hydrogens is 427 g/mol. The lowest BCUT2D eigenvalue weighted by Crippen LogP contribution is -2.24. The van der Waals surface area contributed by atoms with Crippen molar-refractivity contribution in [3.05, 3.63) is 53.6 Å². The minimum absolute atomic E-state index is 0. The SMILES string of the molecule is COc1ccc(NC(N)=NCc2ccc3c(c2)CCCN3C)cc1.I. The summed E-state index contributed by atoms with van der Waals surface area (Å²) in [4.78, 5) is 6.75. The molecule has 3 rings (SSSR count). The van der Waals surface area contributed by atoms with Crippen molar-refractivity contribution in [2.75, 3.05) is 30.9 Å². The van der Waals surface area contributed by atoms with E-state index in [9.17, 15) is 0 Å². The van der Waals surface area contributed by atoms with Gasteiger partial charge in [0.15, 0.2) is 5.96 Å². The molecule has 1 aliphatic heterocycles. The first-order valence-corrected chi connectivity index (χ1v) is 8.19. The Morgan fingerprint density at radius 1 is 1.24 bits per heavy atom. The van der Waals surface area contributed by atoms with E-state index in [2.05, 4.69) is 40.5 Å². The van der Waals surface area contributed by atoms with Gasteiger partial charge in [-0.3, -0.25) is 0 Å². The maximum absolute atomic E-state index is 5.98. The van der Waals surface area contributed by atoms with Crippen LogP contribution in [-0.4, -0.2) is 26.7 Å². The van der Waals surface area contributed by atoms with E-state index in [4.69, 9.17) is 10.5 Å². The maximum Gasteiger partial charge on any atom is 0.193 e. The summed E-state index contributed by atoms with van der Waals surface area (Å²) >= 11 is 0. The molecule has 0 saturated heterocycles. The fourth-order valence-electron chi connectivity index (χ4n) is 2.98. The molecule has 6 heteroatoms. The Morgan fingerprint density at radius 2 is 2.00 bits per heavy atom. The third kappa shape index (κ3) is 5.01. The van der Waals surface area contributed by atoms with Crippen molar-refractivity contribution in [3.63, 3.8) is 0 Å². The summed E-state index contributed by atoms with van der Waals surface area (Å²) < 4.78 is 5.14. The highest BCUT2D eigenvalue weighted by molar-refractivity contribution is 14.0. The summed E-state index contributed by atoms with van der Waals surface area (Å²) in [5.74, 6) is 1.23. The second kappa shape index (κ2) is 8.94. The Morgan fingerprint density at radius 3 is 2.72 bits per heavy atom. The standard InChI is InChI=1S/C19H24N4O.HI/c1-23-11-3-4-15-12-14(5-10-18(15)23)13-21-19(20)22-16-6-8-17(24-2)9-7-16;/h5-10,12H,3-4,11,13H2,1-2H3,(H3,20,21,22);1H. The predicted molar refractivity (Wildman–Crippen MR) is 115 cm³/mol. The van der Waals surface area contributed by atoms with Crippen molar-refractivity contribution in [1.82, 2.24) is 0 Å². The number of nitrogens with one attached hydrogen (secondary N) is 1. The van der Waals surface area contributed by atoms with Crippen LogP contribution in [0.1, 0.15) is 17.5 Å². The molecule has 0 aromatic heterocycles. The smallest absolute Gasteiger partial charge is 0.193 e. The van der Waals surface area contributed by atoms with Crippen molar-refractivity contribution in [2.45, 2.75) is 19.4 Å². The Kier molecular flexibility index (Phi) is 6.92. The Balaban J connectivity index is 0.00000225. The summed E-state index contributed by atoms with van der Waals surface area (Å²) in [5, 5.41) is 3.10. The molecule has 0 spiro atoms. The molecule has 0 saturated carbocycles. The van der Waals surface area contributed by atoms with Crippen molar-refractivity contribution in [2.24, 2.45) is 10.7 Å². The number of rotatable bonds is 4. The van der Waals surface area contributed by atoms with E-state index in [1.807, 2.05) is 24.3 Å². The molecule has 2 aromatic carbocycles. The summed E-state index contributed by atoms with van der Waals surface area (Å²) in [6, 6.07) is 14.2. The maximum atomic E-state index is 5.98. The van der Waals surface area contributed by atoms with Crippen LogP contribution in [0.3, 0.4) is 0 Å². The van der Waals surface area contributed by atoms with Gasteiger partial charge in [-0.15, -0.1) is 24.0 Å². The minimum Gasteiger partial charge on any atom is -0.497 e. The molecule has 0 aliphatic carbocycles. The Bertz CT molecular complexity index is 731. The number of aliphatic imine (C=N–C) groups is 1. The predicted octanol–water partition coefficient (Wildman–Crippen LogP) is 3.62. The molecule has 2 aromatic rings. The molecule has 0 unspecified atom stereocenters. The average molecular weight is 452 g/mol. The Labute approximate surface area is 166 Å². The van der Waals surface area contributed by atoms with Gasteiger partial charge < -0.3 is 20.7 Å². The number of hydrogen-bond donors (Lipinski definition) is 2. The van der Waals surface area contributed by atoms with Gasteiger partial charge in [-0.25, -0.2) is 4.99 Å². The highest BCUT2D eigenvalue weighted by Crippen LogP contribution is 2.27. The van der Waals surface area contributed by atoms with Crippen molar-refractivity contribution >= 4 is 41.3 Å². The molecule has 1 aliphatic rings.